The van der Waals surface area contributed by atoms with Crippen molar-refractivity contribution in [1.29, 1.82) is 0 Å². The van der Waals surface area contributed by atoms with Gasteiger partial charge in [0.05, 0.1) is 11.4 Å². The third kappa shape index (κ3) is 6.29. The van der Waals surface area contributed by atoms with Crippen LogP contribution in [-0.2, 0) is 26.2 Å². The van der Waals surface area contributed by atoms with E-state index in [4.69, 9.17) is 11.6 Å². The largest absolute Gasteiger partial charge is 0.355 e. The van der Waals surface area contributed by atoms with Crippen molar-refractivity contribution >= 4 is 33.4 Å². The van der Waals surface area contributed by atoms with Crippen LogP contribution in [0.1, 0.15) is 25.0 Å². The fraction of sp³-hybridized carbons (Fsp3) is 0.364. The zero-order valence-electron chi connectivity index (χ0n) is 18.1. The number of rotatable bonds is 9. The highest BCUT2D eigenvalue weighted by atomic mass is 35.5. The van der Waals surface area contributed by atoms with Crippen LogP contribution in [0.2, 0.25) is 5.02 Å². The highest BCUT2D eigenvalue weighted by molar-refractivity contribution is 7.89. The molecule has 2 aromatic rings. The molecule has 0 radical (unpaired) electrons. The van der Waals surface area contributed by atoms with Crippen LogP contribution < -0.4 is 5.32 Å². The Bertz CT molecular complexity index is 1030. The number of carbonyl (C=O) groups is 2. The molecule has 0 unspecified atom stereocenters. The Hall–Kier alpha value is -2.42. The van der Waals surface area contributed by atoms with Gasteiger partial charge in [-0.1, -0.05) is 35.9 Å². The fourth-order valence-electron chi connectivity index (χ4n) is 3.03. The Morgan fingerprint density at radius 2 is 1.71 bits per heavy atom. The SMILES string of the molecule is CCNC(=O)[C@H](C)N(Cc1ccccc1C)C(=O)CN(C)S(=O)(=O)c1ccc(Cl)cc1. The van der Waals surface area contributed by atoms with Gasteiger partial charge in [0.2, 0.25) is 21.8 Å². The number of benzene rings is 2. The Morgan fingerprint density at radius 3 is 2.29 bits per heavy atom. The predicted octanol–water partition coefficient (Wildman–Crippen LogP) is 2.82. The molecule has 0 fully saturated rings. The number of hydrogen-bond acceptors (Lipinski definition) is 4. The van der Waals surface area contributed by atoms with Crippen LogP contribution in [0.25, 0.3) is 0 Å². The number of hydrogen-bond donors (Lipinski definition) is 1. The van der Waals surface area contributed by atoms with E-state index >= 15 is 0 Å². The van der Waals surface area contributed by atoms with E-state index < -0.39 is 28.5 Å². The molecule has 1 N–H and O–H groups in total. The summed E-state index contributed by atoms with van der Waals surface area (Å²) in [5.41, 5.74) is 1.86. The lowest BCUT2D eigenvalue weighted by atomic mass is 10.1. The molecular formula is C22H28ClN3O4S. The Labute approximate surface area is 189 Å². The molecule has 0 aliphatic carbocycles. The molecule has 0 bridgehead atoms. The topological polar surface area (TPSA) is 86.8 Å². The normalized spacial score (nSPS) is 12.5. The van der Waals surface area contributed by atoms with E-state index in [9.17, 15) is 18.0 Å². The second-order valence-corrected chi connectivity index (χ2v) is 9.72. The first-order chi connectivity index (χ1) is 14.6. The van der Waals surface area contributed by atoms with Gasteiger partial charge in [-0.05, 0) is 56.2 Å². The van der Waals surface area contributed by atoms with Gasteiger partial charge in [0, 0.05) is 25.2 Å². The number of nitrogens with one attached hydrogen (secondary N) is 1. The first-order valence-corrected chi connectivity index (χ1v) is 11.7. The number of nitrogens with zero attached hydrogens (tertiary/aromatic N) is 2. The summed E-state index contributed by atoms with van der Waals surface area (Å²) in [7, 11) is -2.56. The van der Waals surface area contributed by atoms with Crippen LogP contribution in [0.4, 0.5) is 0 Å². The lowest BCUT2D eigenvalue weighted by Crippen LogP contribution is -2.50. The second-order valence-electron chi connectivity index (χ2n) is 7.23. The number of carbonyl (C=O) groups excluding carboxylic acids is 2. The monoisotopic (exact) mass is 465 g/mol. The van der Waals surface area contributed by atoms with Crippen LogP contribution in [0, 0.1) is 6.92 Å². The molecule has 2 amide bonds. The highest BCUT2D eigenvalue weighted by Crippen LogP contribution is 2.19. The molecule has 0 aliphatic heterocycles. The number of aryl methyl sites for hydroxylation is 1. The molecule has 9 heteroatoms. The predicted molar refractivity (Wildman–Crippen MR) is 121 cm³/mol. The van der Waals surface area contributed by atoms with Gasteiger partial charge in [-0.3, -0.25) is 9.59 Å². The molecule has 31 heavy (non-hydrogen) atoms. The second kappa shape index (κ2) is 10.7. The van der Waals surface area contributed by atoms with Crippen molar-refractivity contribution in [2.75, 3.05) is 20.1 Å². The molecule has 2 rings (SSSR count). The summed E-state index contributed by atoms with van der Waals surface area (Å²) in [4.78, 5) is 27.1. The molecule has 1 atom stereocenters. The lowest BCUT2D eigenvalue weighted by Gasteiger charge is -2.30. The molecule has 7 nitrogen and oxygen atoms in total. The van der Waals surface area contributed by atoms with Gasteiger partial charge in [-0.2, -0.15) is 4.31 Å². The van der Waals surface area contributed by atoms with Crippen molar-refractivity contribution < 1.29 is 18.0 Å². The van der Waals surface area contributed by atoms with Gasteiger partial charge >= 0.3 is 0 Å². The van der Waals surface area contributed by atoms with Crippen LogP contribution in [0.15, 0.2) is 53.4 Å². The van der Waals surface area contributed by atoms with Crippen molar-refractivity contribution in [2.45, 2.75) is 38.3 Å². The van der Waals surface area contributed by atoms with Crippen molar-refractivity contribution in [2.24, 2.45) is 0 Å². The van der Waals surface area contributed by atoms with Crippen molar-refractivity contribution in [3.63, 3.8) is 0 Å². The molecule has 0 aromatic heterocycles. The Balaban J connectivity index is 2.28. The number of amides is 2. The van der Waals surface area contributed by atoms with E-state index in [1.165, 1.54) is 36.2 Å². The van der Waals surface area contributed by atoms with E-state index in [1.54, 1.807) is 13.8 Å². The van der Waals surface area contributed by atoms with Gasteiger partial charge in [-0.25, -0.2) is 8.42 Å². The maximum atomic E-state index is 13.2. The summed E-state index contributed by atoms with van der Waals surface area (Å²) in [6, 6.07) is 12.5. The quantitative estimate of drug-likeness (QED) is 0.617. The molecular weight excluding hydrogens is 438 g/mol. The van der Waals surface area contributed by atoms with E-state index in [-0.39, 0.29) is 17.3 Å². The zero-order valence-corrected chi connectivity index (χ0v) is 19.7. The number of likely N-dealkylation sites (N-methyl/N-ethyl adjacent to an activating group) is 2. The minimum atomic E-state index is -3.89. The van der Waals surface area contributed by atoms with Gasteiger partial charge < -0.3 is 10.2 Å². The summed E-state index contributed by atoms with van der Waals surface area (Å²) < 4.78 is 26.7. The minimum absolute atomic E-state index is 0.0365. The average molecular weight is 466 g/mol. The molecule has 0 spiro atoms. The third-order valence-corrected chi connectivity index (χ3v) is 7.07. The summed E-state index contributed by atoms with van der Waals surface area (Å²) in [5.74, 6) is -0.769. The molecule has 168 valence electrons. The van der Waals surface area contributed by atoms with Crippen LogP contribution in [0.3, 0.4) is 0 Å². The van der Waals surface area contributed by atoms with Crippen molar-refractivity contribution in [3.8, 4) is 0 Å². The summed E-state index contributed by atoms with van der Waals surface area (Å²) in [5, 5.41) is 3.13. The van der Waals surface area contributed by atoms with Crippen LogP contribution >= 0.6 is 11.6 Å². The van der Waals surface area contributed by atoms with Gasteiger partial charge in [0.1, 0.15) is 6.04 Å². The van der Waals surface area contributed by atoms with Crippen LogP contribution in [0.5, 0.6) is 0 Å². The van der Waals surface area contributed by atoms with Gasteiger partial charge in [0.25, 0.3) is 0 Å². The number of halogens is 1. The van der Waals surface area contributed by atoms with Crippen LogP contribution in [-0.4, -0.2) is 55.6 Å². The maximum Gasteiger partial charge on any atom is 0.243 e. The smallest absolute Gasteiger partial charge is 0.243 e. The van der Waals surface area contributed by atoms with E-state index in [1.807, 2.05) is 31.2 Å². The third-order valence-electron chi connectivity index (χ3n) is 5.00. The molecule has 2 aromatic carbocycles. The molecule has 0 saturated heterocycles. The highest BCUT2D eigenvalue weighted by Gasteiger charge is 2.30. The minimum Gasteiger partial charge on any atom is -0.355 e. The lowest BCUT2D eigenvalue weighted by molar-refractivity contribution is -0.140. The van der Waals surface area contributed by atoms with Gasteiger partial charge in [0.15, 0.2) is 0 Å². The fourth-order valence-corrected chi connectivity index (χ4v) is 4.27. The first-order valence-electron chi connectivity index (χ1n) is 9.91. The molecule has 0 saturated carbocycles. The van der Waals surface area contributed by atoms with Crippen molar-refractivity contribution in [1.82, 2.24) is 14.5 Å². The average Bonchev–Trinajstić information content (AvgIpc) is 2.73. The van der Waals surface area contributed by atoms with E-state index in [0.717, 1.165) is 15.4 Å². The molecule has 0 aliphatic rings. The first kappa shape index (κ1) is 24.8. The zero-order chi connectivity index (χ0) is 23.2. The van der Waals surface area contributed by atoms with Gasteiger partial charge in [-0.15, -0.1) is 0 Å². The van der Waals surface area contributed by atoms with E-state index in [2.05, 4.69) is 5.32 Å². The number of sulfonamides is 1. The Kier molecular flexibility index (Phi) is 8.61. The molecule has 0 heterocycles. The summed E-state index contributed by atoms with van der Waals surface area (Å²) >= 11 is 5.84. The van der Waals surface area contributed by atoms with E-state index in [0.29, 0.717) is 11.6 Å². The van der Waals surface area contributed by atoms with Crippen molar-refractivity contribution in [3.05, 3.63) is 64.7 Å². The maximum absolute atomic E-state index is 13.2. The summed E-state index contributed by atoms with van der Waals surface area (Å²) in [6.07, 6.45) is 0. The Morgan fingerprint density at radius 1 is 1.10 bits per heavy atom. The standard InChI is InChI=1S/C22H28ClN3O4S/c1-5-24-22(28)17(3)26(14-18-9-7-6-8-16(18)2)21(27)15-25(4)31(29,30)20-12-10-19(23)11-13-20/h6-13,17H,5,14-15H2,1-4H3,(H,24,28)/t17-/m0/s1. The summed E-state index contributed by atoms with van der Waals surface area (Å²) in [6.45, 7) is 5.57.